The van der Waals surface area contributed by atoms with E-state index in [9.17, 15) is 4.79 Å². The number of rotatable bonds is 8. The van der Waals surface area contributed by atoms with Crippen LogP contribution < -0.4 is 24.6 Å². The van der Waals surface area contributed by atoms with Crippen molar-refractivity contribution in [3.05, 3.63) is 23.8 Å². The summed E-state index contributed by atoms with van der Waals surface area (Å²) in [6.45, 7) is 8.70. The van der Waals surface area contributed by atoms with Gasteiger partial charge in [-0.25, -0.2) is 0 Å². The van der Waals surface area contributed by atoms with Crippen LogP contribution in [0.3, 0.4) is 0 Å². The lowest BCUT2D eigenvalue weighted by Crippen LogP contribution is -3.28. The van der Waals surface area contributed by atoms with E-state index in [1.807, 2.05) is 6.07 Å². The van der Waals surface area contributed by atoms with Crippen LogP contribution in [0, 0.1) is 0 Å². The summed E-state index contributed by atoms with van der Waals surface area (Å²) in [6.07, 6.45) is 0.990. The number of ether oxygens (including phenoxy) is 2. The Morgan fingerprint density at radius 1 is 1.08 bits per heavy atom. The number of hydrogen-bond donors (Lipinski definition) is 3. The standard InChI is InChI=1S/C18H29N3O3/c1-4-7-19-18(22)14-21-10-8-20(9-11-21)13-15-5-6-16(23-2)17(12-15)24-3/h5-6,12H,4,7-11,13-14H2,1-3H3,(H,19,22)/p+2. The Morgan fingerprint density at radius 2 is 1.75 bits per heavy atom. The number of piperazine rings is 1. The summed E-state index contributed by atoms with van der Waals surface area (Å²) in [5, 5.41) is 2.96. The molecule has 2 rings (SSSR count). The summed E-state index contributed by atoms with van der Waals surface area (Å²) in [6, 6.07) is 6.13. The van der Waals surface area contributed by atoms with E-state index >= 15 is 0 Å². The van der Waals surface area contributed by atoms with E-state index in [2.05, 4.69) is 24.4 Å². The lowest BCUT2D eigenvalue weighted by molar-refractivity contribution is -1.02. The lowest BCUT2D eigenvalue weighted by Gasteiger charge is -2.29. The van der Waals surface area contributed by atoms with E-state index < -0.39 is 0 Å². The molecule has 0 aromatic heterocycles. The third kappa shape index (κ3) is 5.39. The van der Waals surface area contributed by atoms with Gasteiger partial charge in [-0.1, -0.05) is 6.92 Å². The van der Waals surface area contributed by atoms with E-state index in [-0.39, 0.29) is 5.91 Å². The summed E-state index contributed by atoms with van der Waals surface area (Å²) in [7, 11) is 3.32. The summed E-state index contributed by atoms with van der Waals surface area (Å²) in [5.41, 5.74) is 1.26. The zero-order valence-corrected chi connectivity index (χ0v) is 15.1. The Morgan fingerprint density at radius 3 is 2.38 bits per heavy atom. The Bertz CT molecular complexity index is 528. The van der Waals surface area contributed by atoms with Crippen molar-refractivity contribution in [3.8, 4) is 11.5 Å². The summed E-state index contributed by atoms with van der Waals surface area (Å²) >= 11 is 0. The zero-order valence-electron chi connectivity index (χ0n) is 15.1. The molecule has 0 atom stereocenters. The molecule has 1 fully saturated rings. The second kappa shape index (κ2) is 9.49. The predicted octanol–water partition coefficient (Wildman–Crippen LogP) is -1.49. The summed E-state index contributed by atoms with van der Waals surface area (Å²) < 4.78 is 10.7. The Balaban J connectivity index is 1.79. The molecule has 0 unspecified atom stereocenters. The van der Waals surface area contributed by atoms with E-state index in [1.165, 1.54) is 10.5 Å². The zero-order chi connectivity index (χ0) is 17.4. The van der Waals surface area contributed by atoms with E-state index in [1.54, 1.807) is 19.1 Å². The first-order chi connectivity index (χ1) is 11.7. The maximum atomic E-state index is 11.8. The number of methoxy groups -OCH3 is 2. The highest BCUT2D eigenvalue weighted by Gasteiger charge is 2.24. The van der Waals surface area contributed by atoms with Crippen LogP contribution in [0.25, 0.3) is 0 Å². The molecule has 0 saturated carbocycles. The third-order valence-electron chi connectivity index (χ3n) is 4.55. The molecule has 1 aliphatic rings. The van der Waals surface area contributed by atoms with Gasteiger partial charge in [0.2, 0.25) is 0 Å². The van der Waals surface area contributed by atoms with Crippen molar-refractivity contribution >= 4 is 5.91 Å². The second-order valence-electron chi connectivity index (χ2n) is 6.39. The summed E-state index contributed by atoms with van der Waals surface area (Å²) in [5.74, 6) is 1.73. The number of benzene rings is 1. The van der Waals surface area contributed by atoms with Gasteiger partial charge in [0.1, 0.15) is 32.7 Å². The fourth-order valence-electron chi connectivity index (χ4n) is 3.14. The minimum Gasteiger partial charge on any atom is -0.493 e. The highest BCUT2D eigenvalue weighted by atomic mass is 16.5. The van der Waals surface area contributed by atoms with Gasteiger partial charge in [0.05, 0.1) is 14.2 Å². The van der Waals surface area contributed by atoms with Crippen LogP contribution in [-0.4, -0.2) is 59.4 Å². The Kier molecular flexibility index (Phi) is 7.34. The summed E-state index contributed by atoms with van der Waals surface area (Å²) in [4.78, 5) is 14.8. The first-order valence-corrected chi connectivity index (χ1v) is 8.81. The first-order valence-electron chi connectivity index (χ1n) is 8.81. The van der Waals surface area contributed by atoms with Gasteiger partial charge in [-0.05, 0) is 24.6 Å². The molecule has 6 nitrogen and oxygen atoms in total. The molecule has 0 spiro atoms. The van der Waals surface area contributed by atoms with Crippen LogP contribution in [0.2, 0.25) is 0 Å². The molecule has 1 heterocycles. The maximum absolute atomic E-state index is 11.8. The lowest BCUT2D eigenvalue weighted by atomic mass is 10.1. The van der Waals surface area contributed by atoms with Crippen molar-refractivity contribution in [2.45, 2.75) is 19.9 Å². The highest BCUT2D eigenvalue weighted by Crippen LogP contribution is 2.27. The molecule has 1 aliphatic heterocycles. The number of hydrogen-bond acceptors (Lipinski definition) is 3. The normalized spacial score (nSPS) is 20.5. The highest BCUT2D eigenvalue weighted by molar-refractivity contribution is 5.76. The van der Waals surface area contributed by atoms with Gasteiger partial charge in [-0.2, -0.15) is 0 Å². The van der Waals surface area contributed by atoms with Gasteiger partial charge in [-0.15, -0.1) is 0 Å². The smallest absolute Gasteiger partial charge is 0.275 e. The molecular formula is C18H31N3O3+2. The first kappa shape index (κ1) is 18.5. The van der Waals surface area contributed by atoms with Crippen molar-refractivity contribution in [2.75, 3.05) is 53.5 Å². The van der Waals surface area contributed by atoms with Crippen LogP contribution in [0.15, 0.2) is 18.2 Å². The van der Waals surface area contributed by atoms with E-state index in [4.69, 9.17) is 9.47 Å². The van der Waals surface area contributed by atoms with Gasteiger partial charge in [-0.3, -0.25) is 4.79 Å². The SMILES string of the molecule is CCCNC(=O)C[NH+]1CC[NH+](Cc2ccc(OC)c(OC)c2)CC1. The van der Waals surface area contributed by atoms with Crippen LogP contribution in [0.5, 0.6) is 11.5 Å². The number of carbonyl (C=O) groups excluding carboxylic acids is 1. The van der Waals surface area contributed by atoms with E-state index in [0.717, 1.165) is 57.2 Å². The van der Waals surface area contributed by atoms with Crippen LogP contribution in [0.1, 0.15) is 18.9 Å². The van der Waals surface area contributed by atoms with Gasteiger partial charge in [0, 0.05) is 12.1 Å². The number of quaternary nitrogens is 2. The van der Waals surface area contributed by atoms with Gasteiger partial charge in [0.15, 0.2) is 18.0 Å². The van der Waals surface area contributed by atoms with Crippen LogP contribution in [0.4, 0.5) is 0 Å². The largest absolute Gasteiger partial charge is 0.493 e. The van der Waals surface area contributed by atoms with E-state index in [0.29, 0.717) is 6.54 Å². The van der Waals surface area contributed by atoms with Gasteiger partial charge in [0.25, 0.3) is 5.91 Å². The molecule has 0 bridgehead atoms. The van der Waals surface area contributed by atoms with Crippen molar-refractivity contribution in [3.63, 3.8) is 0 Å². The molecule has 1 amide bonds. The number of nitrogens with one attached hydrogen (secondary N) is 3. The van der Waals surface area contributed by atoms with Gasteiger partial charge >= 0.3 is 0 Å². The van der Waals surface area contributed by atoms with Crippen molar-refractivity contribution in [1.82, 2.24) is 5.32 Å². The quantitative estimate of drug-likeness (QED) is 0.542. The van der Waals surface area contributed by atoms with Crippen LogP contribution in [-0.2, 0) is 11.3 Å². The van der Waals surface area contributed by atoms with Gasteiger partial charge < -0.3 is 24.6 Å². The number of carbonyl (C=O) groups is 1. The predicted molar refractivity (Wildman–Crippen MR) is 92.8 cm³/mol. The minimum absolute atomic E-state index is 0.176. The average molecular weight is 337 g/mol. The molecule has 1 saturated heterocycles. The molecule has 1 aromatic rings. The molecular weight excluding hydrogens is 306 g/mol. The average Bonchev–Trinajstić information content (AvgIpc) is 2.61. The van der Waals surface area contributed by atoms with Crippen molar-refractivity contribution < 1.29 is 24.1 Å². The van der Waals surface area contributed by atoms with Crippen LogP contribution >= 0.6 is 0 Å². The molecule has 6 heteroatoms. The van der Waals surface area contributed by atoms with Crippen molar-refractivity contribution in [2.24, 2.45) is 0 Å². The number of amides is 1. The fraction of sp³-hybridized carbons (Fsp3) is 0.611. The molecule has 0 aliphatic carbocycles. The molecule has 0 radical (unpaired) electrons. The monoisotopic (exact) mass is 337 g/mol. The maximum Gasteiger partial charge on any atom is 0.275 e. The topological polar surface area (TPSA) is 56.4 Å². The third-order valence-corrected chi connectivity index (χ3v) is 4.55. The Hall–Kier alpha value is -1.79. The molecule has 24 heavy (non-hydrogen) atoms. The molecule has 3 N–H and O–H groups in total. The molecule has 134 valence electrons. The molecule has 1 aromatic carbocycles. The Labute approximate surface area is 144 Å². The minimum atomic E-state index is 0.176. The van der Waals surface area contributed by atoms with Crippen molar-refractivity contribution in [1.29, 1.82) is 0 Å². The second-order valence-corrected chi connectivity index (χ2v) is 6.39. The fourth-order valence-corrected chi connectivity index (χ4v) is 3.14.